The van der Waals surface area contributed by atoms with Crippen LogP contribution in [-0.4, -0.2) is 19.3 Å². The van der Waals surface area contributed by atoms with Crippen molar-refractivity contribution in [2.75, 3.05) is 0 Å². The second kappa shape index (κ2) is 6.02. The van der Waals surface area contributed by atoms with E-state index in [2.05, 4.69) is 10.3 Å². The van der Waals surface area contributed by atoms with Crippen molar-refractivity contribution < 1.29 is 13.2 Å². The number of benzene rings is 1. The van der Waals surface area contributed by atoms with E-state index in [0.29, 0.717) is 12.1 Å². The molecule has 1 amide bonds. The van der Waals surface area contributed by atoms with Crippen LogP contribution in [0.2, 0.25) is 0 Å². The summed E-state index contributed by atoms with van der Waals surface area (Å²) in [6, 6.07) is 9.36. The van der Waals surface area contributed by atoms with Gasteiger partial charge in [0, 0.05) is 24.0 Å². The lowest BCUT2D eigenvalue weighted by Gasteiger charge is -2.06. The molecule has 0 aliphatic rings. The molecule has 0 bridgehead atoms. The molecule has 6 nitrogen and oxygen atoms in total. The van der Waals surface area contributed by atoms with Gasteiger partial charge in [0.1, 0.15) is 0 Å². The van der Waals surface area contributed by atoms with Gasteiger partial charge in [-0.25, -0.2) is 13.6 Å². The van der Waals surface area contributed by atoms with Crippen LogP contribution in [0.25, 0.3) is 0 Å². The Labute approximate surface area is 123 Å². The fourth-order valence-corrected chi connectivity index (χ4v) is 2.28. The summed E-state index contributed by atoms with van der Waals surface area (Å²) in [7, 11) is -3.69. The summed E-state index contributed by atoms with van der Waals surface area (Å²) in [6.07, 6.45) is 1.57. The van der Waals surface area contributed by atoms with E-state index >= 15 is 0 Å². The zero-order chi connectivity index (χ0) is 15.5. The Bertz CT molecular complexity index is 755. The number of primary sulfonamides is 1. The molecule has 0 fully saturated rings. The average Bonchev–Trinajstić information content (AvgIpc) is 2.44. The Morgan fingerprint density at radius 1 is 1.24 bits per heavy atom. The first kappa shape index (κ1) is 15.1. The highest BCUT2D eigenvalue weighted by Gasteiger charge is 2.08. The Kier molecular flexibility index (Phi) is 4.35. The highest BCUT2D eigenvalue weighted by molar-refractivity contribution is 7.89. The molecule has 7 heteroatoms. The monoisotopic (exact) mass is 305 g/mol. The number of nitrogens with two attached hydrogens (primary N) is 1. The standard InChI is InChI=1S/C14H15N3O3S/c1-10-8-12(6-7-16-10)14(18)17-9-11-2-4-13(5-3-11)21(15,19)20/h2-8H,9H2,1H3,(H,17,18)(H2,15,19,20). The van der Waals surface area contributed by atoms with Crippen LogP contribution < -0.4 is 10.5 Å². The Morgan fingerprint density at radius 2 is 1.90 bits per heavy atom. The van der Waals surface area contributed by atoms with Crippen LogP contribution in [0, 0.1) is 6.92 Å². The molecule has 2 aromatic rings. The SMILES string of the molecule is Cc1cc(C(=O)NCc2ccc(S(N)(=O)=O)cc2)ccn1. The summed E-state index contributed by atoms with van der Waals surface area (Å²) in [5.41, 5.74) is 2.07. The van der Waals surface area contributed by atoms with Gasteiger partial charge in [0.2, 0.25) is 10.0 Å². The Balaban J connectivity index is 2.02. The number of carbonyl (C=O) groups is 1. The number of sulfonamides is 1. The van der Waals surface area contributed by atoms with Crippen molar-refractivity contribution in [2.45, 2.75) is 18.4 Å². The minimum atomic E-state index is -3.69. The third kappa shape index (κ3) is 4.11. The molecule has 0 radical (unpaired) electrons. The molecule has 0 atom stereocenters. The van der Waals surface area contributed by atoms with Crippen LogP contribution in [0.3, 0.4) is 0 Å². The van der Waals surface area contributed by atoms with E-state index in [-0.39, 0.29) is 10.8 Å². The van der Waals surface area contributed by atoms with Crippen LogP contribution in [0.4, 0.5) is 0 Å². The number of pyridine rings is 1. The maximum atomic E-state index is 11.9. The summed E-state index contributed by atoms with van der Waals surface area (Å²) in [6.45, 7) is 2.11. The lowest BCUT2D eigenvalue weighted by Crippen LogP contribution is -2.23. The van der Waals surface area contributed by atoms with Crippen molar-refractivity contribution in [1.82, 2.24) is 10.3 Å². The predicted molar refractivity (Wildman–Crippen MR) is 78.0 cm³/mol. The number of amides is 1. The first-order valence-corrected chi connectivity index (χ1v) is 7.73. The van der Waals surface area contributed by atoms with Crippen molar-refractivity contribution in [3.05, 3.63) is 59.4 Å². The van der Waals surface area contributed by atoms with E-state index in [1.54, 1.807) is 30.5 Å². The van der Waals surface area contributed by atoms with Crippen LogP contribution in [0.1, 0.15) is 21.6 Å². The van der Waals surface area contributed by atoms with E-state index in [1.807, 2.05) is 6.92 Å². The van der Waals surface area contributed by atoms with Gasteiger partial charge in [-0.15, -0.1) is 0 Å². The fraction of sp³-hybridized carbons (Fsp3) is 0.143. The molecular weight excluding hydrogens is 290 g/mol. The number of hydrogen-bond acceptors (Lipinski definition) is 4. The minimum Gasteiger partial charge on any atom is -0.348 e. The zero-order valence-electron chi connectivity index (χ0n) is 11.4. The predicted octanol–water partition coefficient (Wildman–Crippen LogP) is 0.967. The molecule has 21 heavy (non-hydrogen) atoms. The second-order valence-corrected chi connectivity index (χ2v) is 6.12. The number of nitrogens with one attached hydrogen (secondary N) is 1. The van der Waals surface area contributed by atoms with Gasteiger partial charge in [0.05, 0.1) is 4.90 Å². The van der Waals surface area contributed by atoms with Gasteiger partial charge in [-0.05, 0) is 36.8 Å². The van der Waals surface area contributed by atoms with Crippen LogP contribution in [0.15, 0.2) is 47.5 Å². The third-order valence-corrected chi connectivity index (χ3v) is 3.79. The van der Waals surface area contributed by atoms with Crippen molar-refractivity contribution in [3.8, 4) is 0 Å². The molecule has 0 aliphatic heterocycles. The number of aromatic nitrogens is 1. The first-order valence-electron chi connectivity index (χ1n) is 6.19. The third-order valence-electron chi connectivity index (χ3n) is 2.86. The largest absolute Gasteiger partial charge is 0.348 e. The molecule has 1 heterocycles. The van der Waals surface area contributed by atoms with Gasteiger partial charge in [0.15, 0.2) is 0 Å². The summed E-state index contributed by atoms with van der Waals surface area (Å²) >= 11 is 0. The van der Waals surface area contributed by atoms with Gasteiger partial charge in [-0.2, -0.15) is 0 Å². The van der Waals surface area contributed by atoms with Gasteiger partial charge in [0.25, 0.3) is 5.91 Å². The van der Waals surface area contributed by atoms with E-state index < -0.39 is 10.0 Å². The molecule has 1 aromatic carbocycles. The number of aryl methyl sites for hydroxylation is 1. The van der Waals surface area contributed by atoms with E-state index in [1.165, 1.54) is 12.1 Å². The van der Waals surface area contributed by atoms with Crippen molar-refractivity contribution in [2.24, 2.45) is 5.14 Å². The normalized spacial score (nSPS) is 11.1. The van der Waals surface area contributed by atoms with Crippen LogP contribution in [0.5, 0.6) is 0 Å². The van der Waals surface area contributed by atoms with E-state index in [9.17, 15) is 13.2 Å². The van der Waals surface area contributed by atoms with E-state index in [0.717, 1.165) is 11.3 Å². The molecular formula is C14H15N3O3S. The molecule has 0 aliphatic carbocycles. The maximum Gasteiger partial charge on any atom is 0.251 e. The first-order chi connectivity index (χ1) is 9.86. The van der Waals surface area contributed by atoms with Gasteiger partial charge in [-0.3, -0.25) is 9.78 Å². The summed E-state index contributed by atoms with van der Waals surface area (Å²) in [5.74, 6) is -0.212. The fourth-order valence-electron chi connectivity index (χ4n) is 1.77. The van der Waals surface area contributed by atoms with Gasteiger partial charge >= 0.3 is 0 Å². The lowest BCUT2D eigenvalue weighted by molar-refractivity contribution is 0.0950. The number of carbonyl (C=O) groups excluding carboxylic acids is 1. The number of rotatable bonds is 4. The lowest BCUT2D eigenvalue weighted by atomic mass is 10.2. The van der Waals surface area contributed by atoms with Crippen LogP contribution >= 0.6 is 0 Å². The number of hydrogen-bond donors (Lipinski definition) is 2. The number of nitrogens with zero attached hydrogens (tertiary/aromatic N) is 1. The molecule has 110 valence electrons. The molecule has 2 rings (SSSR count). The summed E-state index contributed by atoms with van der Waals surface area (Å²) < 4.78 is 22.3. The molecule has 0 saturated carbocycles. The molecule has 1 aromatic heterocycles. The molecule has 0 unspecified atom stereocenters. The van der Waals surface area contributed by atoms with Gasteiger partial charge in [-0.1, -0.05) is 12.1 Å². The summed E-state index contributed by atoms with van der Waals surface area (Å²) in [5, 5.41) is 7.77. The highest BCUT2D eigenvalue weighted by atomic mass is 32.2. The topological polar surface area (TPSA) is 102 Å². The highest BCUT2D eigenvalue weighted by Crippen LogP contribution is 2.09. The molecule has 3 N–H and O–H groups in total. The van der Waals surface area contributed by atoms with Crippen molar-refractivity contribution in [3.63, 3.8) is 0 Å². The zero-order valence-corrected chi connectivity index (χ0v) is 12.2. The second-order valence-electron chi connectivity index (χ2n) is 4.56. The Hall–Kier alpha value is -2.25. The van der Waals surface area contributed by atoms with Crippen molar-refractivity contribution >= 4 is 15.9 Å². The minimum absolute atomic E-state index is 0.0438. The molecule has 0 saturated heterocycles. The molecule has 0 spiro atoms. The smallest absolute Gasteiger partial charge is 0.251 e. The van der Waals surface area contributed by atoms with Crippen molar-refractivity contribution in [1.29, 1.82) is 0 Å². The maximum absolute atomic E-state index is 11.9. The summed E-state index contributed by atoms with van der Waals surface area (Å²) in [4.78, 5) is 16.0. The van der Waals surface area contributed by atoms with E-state index in [4.69, 9.17) is 5.14 Å². The Morgan fingerprint density at radius 3 is 2.48 bits per heavy atom. The quantitative estimate of drug-likeness (QED) is 0.878. The average molecular weight is 305 g/mol. The van der Waals surface area contributed by atoms with Gasteiger partial charge < -0.3 is 5.32 Å². The van der Waals surface area contributed by atoms with Crippen LogP contribution in [-0.2, 0) is 16.6 Å².